The topological polar surface area (TPSA) is 68.0 Å². The van der Waals surface area contributed by atoms with Gasteiger partial charge in [-0.2, -0.15) is 0 Å². The number of aromatic nitrogens is 1. The lowest BCUT2D eigenvalue weighted by molar-refractivity contribution is -0.120. The van der Waals surface area contributed by atoms with Gasteiger partial charge in [0.1, 0.15) is 0 Å². The Morgan fingerprint density at radius 2 is 2.25 bits per heavy atom. The summed E-state index contributed by atoms with van der Waals surface area (Å²) in [5.74, 6) is -0.0414. The van der Waals surface area contributed by atoms with E-state index in [0.717, 1.165) is 11.3 Å². The van der Waals surface area contributed by atoms with Gasteiger partial charge in [0.15, 0.2) is 0 Å². The van der Waals surface area contributed by atoms with E-state index < -0.39 is 0 Å². The average Bonchev–Trinajstić information content (AvgIpc) is 2.18. The van der Waals surface area contributed by atoms with Gasteiger partial charge in [0.2, 0.25) is 5.91 Å². The lowest BCUT2D eigenvalue weighted by atomic mass is 10.1. The monoisotopic (exact) mass is 221 g/mol. The van der Waals surface area contributed by atoms with Gasteiger partial charge in [-0.1, -0.05) is 6.07 Å². The van der Waals surface area contributed by atoms with Crippen LogP contribution in [0.5, 0.6) is 0 Å². The van der Waals surface area contributed by atoms with Crippen LogP contribution in [0.2, 0.25) is 0 Å². The quantitative estimate of drug-likeness (QED) is 0.789. The number of nitrogens with zero attached hydrogens (tertiary/aromatic N) is 1. The minimum Gasteiger partial charge on any atom is -0.354 e. The van der Waals surface area contributed by atoms with Gasteiger partial charge < -0.3 is 11.1 Å². The molecule has 0 unspecified atom stereocenters. The molecule has 0 aromatic carbocycles. The molecule has 88 valence electrons. The number of rotatable bonds is 4. The zero-order chi connectivity index (χ0) is 12.2. The van der Waals surface area contributed by atoms with Gasteiger partial charge in [0.25, 0.3) is 0 Å². The molecule has 1 amide bonds. The Bertz CT molecular complexity index is 369. The van der Waals surface area contributed by atoms with Crippen molar-refractivity contribution in [2.75, 3.05) is 6.54 Å². The molecule has 0 saturated carbocycles. The van der Waals surface area contributed by atoms with E-state index in [9.17, 15) is 4.79 Å². The van der Waals surface area contributed by atoms with Gasteiger partial charge >= 0.3 is 0 Å². The van der Waals surface area contributed by atoms with Crippen LogP contribution in [-0.2, 0) is 11.2 Å². The molecule has 1 aromatic rings. The van der Waals surface area contributed by atoms with Crippen molar-refractivity contribution in [2.45, 2.75) is 32.7 Å². The third kappa shape index (κ3) is 4.40. The molecule has 0 aliphatic carbocycles. The molecule has 0 bridgehead atoms. The van der Waals surface area contributed by atoms with E-state index >= 15 is 0 Å². The SMILES string of the molecule is Cc1cccnc1CC(=O)NCC(C)(C)N. The van der Waals surface area contributed by atoms with Gasteiger partial charge in [-0.25, -0.2) is 0 Å². The van der Waals surface area contributed by atoms with E-state index in [1.54, 1.807) is 6.20 Å². The predicted molar refractivity (Wildman–Crippen MR) is 64.0 cm³/mol. The van der Waals surface area contributed by atoms with Gasteiger partial charge in [0, 0.05) is 18.3 Å². The summed E-state index contributed by atoms with van der Waals surface area (Å²) in [6, 6.07) is 3.81. The maximum atomic E-state index is 11.6. The zero-order valence-corrected chi connectivity index (χ0v) is 10.1. The van der Waals surface area contributed by atoms with Gasteiger partial charge in [-0.05, 0) is 32.4 Å². The van der Waals surface area contributed by atoms with Crippen LogP contribution < -0.4 is 11.1 Å². The highest BCUT2D eigenvalue weighted by molar-refractivity contribution is 5.78. The number of nitrogens with two attached hydrogens (primary N) is 1. The molecule has 0 radical (unpaired) electrons. The summed E-state index contributed by atoms with van der Waals surface area (Å²) in [6.07, 6.45) is 2.01. The minimum absolute atomic E-state index is 0.0414. The number of pyridine rings is 1. The van der Waals surface area contributed by atoms with Crippen LogP contribution in [0.4, 0.5) is 0 Å². The molecule has 0 aliphatic rings. The molecule has 1 rings (SSSR count). The Hall–Kier alpha value is -1.42. The Morgan fingerprint density at radius 3 is 2.81 bits per heavy atom. The summed E-state index contributed by atoms with van der Waals surface area (Å²) in [5.41, 5.74) is 7.24. The molecule has 4 nitrogen and oxygen atoms in total. The van der Waals surface area contributed by atoms with Gasteiger partial charge in [-0.15, -0.1) is 0 Å². The van der Waals surface area contributed by atoms with E-state index in [-0.39, 0.29) is 11.4 Å². The van der Waals surface area contributed by atoms with Crippen molar-refractivity contribution in [1.82, 2.24) is 10.3 Å². The maximum absolute atomic E-state index is 11.6. The normalized spacial score (nSPS) is 11.2. The van der Waals surface area contributed by atoms with E-state index in [2.05, 4.69) is 10.3 Å². The fourth-order valence-corrected chi connectivity index (χ4v) is 1.24. The average molecular weight is 221 g/mol. The van der Waals surface area contributed by atoms with Gasteiger partial charge in [-0.3, -0.25) is 9.78 Å². The Morgan fingerprint density at radius 1 is 1.56 bits per heavy atom. The van der Waals surface area contributed by atoms with E-state index in [4.69, 9.17) is 5.73 Å². The second-order valence-electron chi connectivity index (χ2n) is 4.71. The second-order valence-corrected chi connectivity index (χ2v) is 4.71. The number of carbonyl (C=O) groups excluding carboxylic acids is 1. The molecule has 0 aliphatic heterocycles. The summed E-state index contributed by atoms with van der Waals surface area (Å²) in [5, 5.41) is 2.79. The lowest BCUT2D eigenvalue weighted by Crippen LogP contribution is -2.45. The lowest BCUT2D eigenvalue weighted by Gasteiger charge is -2.18. The fourth-order valence-electron chi connectivity index (χ4n) is 1.24. The first-order valence-corrected chi connectivity index (χ1v) is 5.34. The summed E-state index contributed by atoms with van der Waals surface area (Å²) in [7, 11) is 0. The molecular weight excluding hydrogens is 202 g/mol. The first-order chi connectivity index (χ1) is 7.38. The molecule has 0 spiro atoms. The Kier molecular flexibility index (Phi) is 4.01. The summed E-state index contributed by atoms with van der Waals surface area (Å²) >= 11 is 0. The summed E-state index contributed by atoms with van der Waals surface area (Å²) in [4.78, 5) is 15.8. The number of carbonyl (C=O) groups is 1. The van der Waals surface area contributed by atoms with Gasteiger partial charge in [0.05, 0.1) is 12.1 Å². The Balaban J connectivity index is 2.50. The van der Waals surface area contributed by atoms with E-state index in [0.29, 0.717) is 13.0 Å². The number of hydrogen-bond donors (Lipinski definition) is 2. The summed E-state index contributed by atoms with van der Waals surface area (Å²) < 4.78 is 0. The van der Waals surface area contributed by atoms with Crippen LogP contribution in [0.15, 0.2) is 18.3 Å². The standard InChI is InChI=1S/C12H19N3O/c1-9-5-4-6-14-10(9)7-11(16)15-8-12(2,3)13/h4-6H,7-8,13H2,1-3H3,(H,15,16). The molecule has 4 heteroatoms. The van der Waals surface area contributed by atoms with Crippen LogP contribution in [0, 0.1) is 6.92 Å². The third-order valence-corrected chi connectivity index (χ3v) is 2.19. The number of nitrogens with one attached hydrogen (secondary N) is 1. The molecule has 1 heterocycles. The number of aryl methyl sites for hydroxylation is 1. The number of hydrogen-bond acceptors (Lipinski definition) is 3. The van der Waals surface area contributed by atoms with Crippen molar-refractivity contribution in [3.8, 4) is 0 Å². The first kappa shape index (κ1) is 12.6. The van der Waals surface area contributed by atoms with Crippen molar-refractivity contribution >= 4 is 5.91 Å². The highest BCUT2D eigenvalue weighted by atomic mass is 16.1. The predicted octanol–water partition coefficient (Wildman–Crippen LogP) is 0.786. The van der Waals surface area contributed by atoms with Crippen LogP contribution in [0.1, 0.15) is 25.1 Å². The molecule has 16 heavy (non-hydrogen) atoms. The first-order valence-electron chi connectivity index (χ1n) is 5.34. The second kappa shape index (κ2) is 5.07. The highest BCUT2D eigenvalue weighted by Crippen LogP contribution is 2.03. The Labute approximate surface area is 96.3 Å². The largest absolute Gasteiger partial charge is 0.354 e. The maximum Gasteiger partial charge on any atom is 0.226 e. The van der Waals surface area contributed by atoms with Crippen molar-refractivity contribution in [1.29, 1.82) is 0 Å². The number of amides is 1. The molecule has 1 aromatic heterocycles. The van der Waals surface area contributed by atoms with Crippen molar-refractivity contribution in [2.24, 2.45) is 5.73 Å². The molecule has 3 N–H and O–H groups in total. The minimum atomic E-state index is -0.380. The molecule has 0 saturated heterocycles. The van der Waals surface area contributed by atoms with Crippen molar-refractivity contribution < 1.29 is 4.79 Å². The van der Waals surface area contributed by atoms with Crippen molar-refractivity contribution in [3.05, 3.63) is 29.6 Å². The summed E-state index contributed by atoms with van der Waals surface area (Å²) in [6.45, 7) is 6.17. The van der Waals surface area contributed by atoms with Crippen LogP contribution in [0.3, 0.4) is 0 Å². The third-order valence-electron chi connectivity index (χ3n) is 2.19. The highest BCUT2D eigenvalue weighted by Gasteiger charge is 2.13. The zero-order valence-electron chi connectivity index (χ0n) is 10.1. The van der Waals surface area contributed by atoms with E-state index in [1.807, 2.05) is 32.9 Å². The molecule has 0 atom stereocenters. The fraction of sp³-hybridized carbons (Fsp3) is 0.500. The van der Waals surface area contributed by atoms with E-state index in [1.165, 1.54) is 0 Å². The van der Waals surface area contributed by atoms with Crippen molar-refractivity contribution in [3.63, 3.8) is 0 Å². The van der Waals surface area contributed by atoms with Crippen LogP contribution in [-0.4, -0.2) is 23.0 Å². The molecule has 0 fully saturated rings. The van der Waals surface area contributed by atoms with Crippen LogP contribution in [0.25, 0.3) is 0 Å². The molecular formula is C12H19N3O. The van der Waals surface area contributed by atoms with Crippen LogP contribution >= 0.6 is 0 Å². The smallest absolute Gasteiger partial charge is 0.226 e.